The average molecular weight is 347 g/mol. The van der Waals surface area contributed by atoms with Gasteiger partial charge in [-0.3, -0.25) is 0 Å². The van der Waals surface area contributed by atoms with Crippen LogP contribution >= 0.6 is 0 Å². The van der Waals surface area contributed by atoms with Crippen LogP contribution in [-0.4, -0.2) is 42.8 Å². The Kier molecular flexibility index (Phi) is 5.76. The Balaban J connectivity index is 1.92. The summed E-state index contributed by atoms with van der Waals surface area (Å²) in [6.45, 7) is 9.34. The lowest BCUT2D eigenvalue weighted by atomic mass is 9.75. The Bertz CT molecular complexity index is 608. The van der Waals surface area contributed by atoms with Crippen LogP contribution in [0, 0.1) is 5.41 Å². The van der Waals surface area contributed by atoms with Gasteiger partial charge in [0.1, 0.15) is 5.60 Å². The van der Waals surface area contributed by atoms with Crippen molar-refractivity contribution in [2.75, 3.05) is 20.2 Å². The number of likely N-dealkylation sites (tertiary alicyclic amines) is 1. The summed E-state index contributed by atoms with van der Waals surface area (Å²) in [7, 11) is 1.38. The maximum atomic E-state index is 12.2. The Labute approximate surface area is 150 Å². The van der Waals surface area contributed by atoms with E-state index < -0.39 is 5.60 Å². The van der Waals surface area contributed by atoms with Crippen molar-refractivity contribution in [3.05, 3.63) is 35.4 Å². The molecular weight excluding hydrogens is 318 g/mol. The zero-order valence-electron chi connectivity index (χ0n) is 15.9. The standard InChI is InChI=1S/C20H29NO4/c1-19(2,3)25-18(23)21-12-10-20(4,11-13-21)14-15-6-8-16(9-7-15)17(22)24-5/h6-9H,10-14H2,1-5H3. The van der Waals surface area contributed by atoms with Crippen molar-refractivity contribution in [3.63, 3.8) is 0 Å². The molecule has 1 heterocycles. The molecule has 1 amide bonds. The molecule has 0 saturated carbocycles. The molecule has 0 spiro atoms. The van der Waals surface area contributed by atoms with Crippen molar-refractivity contribution >= 4 is 12.1 Å². The highest BCUT2D eigenvalue weighted by Crippen LogP contribution is 2.35. The van der Waals surface area contributed by atoms with Gasteiger partial charge in [-0.15, -0.1) is 0 Å². The minimum atomic E-state index is -0.459. The molecular formula is C20H29NO4. The first-order valence-corrected chi connectivity index (χ1v) is 8.77. The van der Waals surface area contributed by atoms with Crippen molar-refractivity contribution in [1.82, 2.24) is 4.90 Å². The van der Waals surface area contributed by atoms with Gasteiger partial charge in [-0.05, 0) is 63.1 Å². The second kappa shape index (κ2) is 7.46. The predicted octanol–water partition coefficient (Wildman–Crippen LogP) is 4.05. The fourth-order valence-corrected chi connectivity index (χ4v) is 3.10. The molecule has 0 bridgehead atoms. The summed E-state index contributed by atoms with van der Waals surface area (Å²) in [6.07, 6.45) is 2.57. The first kappa shape index (κ1) is 19.3. The molecule has 1 aromatic rings. The molecule has 1 aromatic carbocycles. The fourth-order valence-electron chi connectivity index (χ4n) is 3.10. The number of hydrogen-bond acceptors (Lipinski definition) is 4. The highest BCUT2D eigenvalue weighted by atomic mass is 16.6. The second-order valence-electron chi connectivity index (χ2n) is 8.14. The minimum Gasteiger partial charge on any atom is -0.465 e. The molecule has 0 aliphatic carbocycles. The van der Waals surface area contributed by atoms with E-state index in [-0.39, 0.29) is 17.5 Å². The lowest BCUT2D eigenvalue weighted by Gasteiger charge is -2.40. The van der Waals surface area contributed by atoms with Crippen LogP contribution in [0.2, 0.25) is 0 Å². The predicted molar refractivity (Wildman–Crippen MR) is 96.6 cm³/mol. The molecule has 1 aliphatic heterocycles. The molecule has 0 radical (unpaired) electrons. The fraction of sp³-hybridized carbons (Fsp3) is 0.600. The van der Waals surface area contributed by atoms with Crippen LogP contribution in [0.25, 0.3) is 0 Å². The van der Waals surface area contributed by atoms with E-state index in [1.165, 1.54) is 12.7 Å². The van der Waals surface area contributed by atoms with E-state index in [0.717, 1.165) is 19.3 Å². The summed E-state index contributed by atoms with van der Waals surface area (Å²) < 4.78 is 10.2. The maximum absolute atomic E-state index is 12.2. The van der Waals surface area contributed by atoms with Gasteiger partial charge in [-0.1, -0.05) is 19.1 Å². The lowest BCUT2D eigenvalue weighted by molar-refractivity contribution is 0.0119. The number of ether oxygens (including phenoxy) is 2. The number of benzene rings is 1. The van der Waals surface area contributed by atoms with Crippen molar-refractivity contribution in [2.24, 2.45) is 5.41 Å². The monoisotopic (exact) mass is 347 g/mol. The van der Waals surface area contributed by atoms with Crippen molar-refractivity contribution in [2.45, 2.75) is 52.6 Å². The van der Waals surface area contributed by atoms with Crippen molar-refractivity contribution in [1.29, 1.82) is 0 Å². The van der Waals surface area contributed by atoms with Gasteiger partial charge in [0.25, 0.3) is 0 Å². The molecule has 1 fully saturated rings. The molecule has 138 valence electrons. The maximum Gasteiger partial charge on any atom is 0.410 e. The Morgan fingerprint density at radius 1 is 1.12 bits per heavy atom. The molecule has 0 atom stereocenters. The number of esters is 1. The van der Waals surface area contributed by atoms with Gasteiger partial charge < -0.3 is 14.4 Å². The summed E-state index contributed by atoms with van der Waals surface area (Å²) >= 11 is 0. The quantitative estimate of drug-likeness (QED) is 0.774. The molecule has 5 heteroatoms. The van der Waals surface area contributed by atoms with Crippen LogP contribution in [0.3, 0.4) is 0 Å². The van der Waals surface area contributed by atoms with Gasteiger partial charge >= 0.3 is 12.1 Å². The molecule has 1 saturated heterocycles. The highest BCUT2D eigenvalue weighted by molar-refractivity contribution is 5.89. The van der Waals surface area contributed by atoms with E-state index in [1.54, 1.807) is 17.0 Å². The van der Waals surface area contributed by atoms with Gasteiger partial charge in [0.2, 0.25) is 0 Å². The Morgan fingerprint density at radius 3 is 2.16 bits per heavy atom. The Hall–Kier alpha value is -2.04. The van der Waals surface area contributed by atoms with E-state index in [4.69, 9.17) is 9.47 Å². The van der Waals surface area contributed by atoms with E-state index in [0.29, 0.717) is 18.7 Å². The molecule has 0 unspecified atom stereocenters. The first-order valence-electron chi connectivity index (χ1n) is 8.77. The Morgan fingerprint density at radius 2 is 1.68 bits per heavy atom. The third-order valence-electron chi connectivity index (χ3n) is 4.63. The van der Waals surface area contributed by atoms with Gasteiger partial charge in [0.05, 0.1) is 12.7 Å². The SMILES string of the molecule is COC(=O)c1ccc(CC2(C)CCN(C(=O)OC(C)(C)C)CC2)cc1. The summed E-state index contributed by atoms with van der Waals surface area (Å²) in [6, 6.07) is 7.58. The third kappa shape index (κ3) is 5.48. The second-order valence-corrected chi connectivity index (χ2v) is 8.14. The zero-order chi connectivity index (χ0) is 18.7. The van der Waals surface area contributed by atoms with Crippen molar-refractivity contribution < 1.29 is 19.1 Å². The number of amides is 1. The third-order valence-corrected chi connectivity index (χ3v) is 4.63. The van der Waals surface area contributed by atoms with Crippen LogP contribution in [0.15, 0.2) is 24.3 Å². The van der Waals surface area contributed by atoms with E-state index in [2.05, 4.69) is 6.92 Å². The minimum absolute atomic E-state index is 0.144. The first-order chi connectivity index (χ1) is 11.6. The van der Waals surface area contributed by atoms with E-state index in [9.17, 15) is 9.59 Å². The van der Waals surface area contributed by atoms with Gasteiger partial charge in [0.15, 0.2) is 0 Å². The lowest BCUT2D eigenvalue weighted by Crippen LogP contribution is -2.45. The number of nitrogens with zero attached hydrogens (tertiary/aromatic N) is 1. The van der Waals surface area contributed by atoms with Crippen LogP contribution < -0.4 is 0 Å². The highest BCUT2D eigenvalue weighted by Gasteiger charge is 2.33. The normalized spacial score (nSPS) is 17.1. The van der Waals surface area contributed by atoms with E-state index in [1.807, 2.05) is 32.9 Å². The summed E-state index contributed by atoms with van der Waals surface area (Å²) in [4.78, 5) is 25.5. The van der Waals surface area contributed by atoms with Crippen LogP contribution in [0.1, 0.15) is 56.5 Å². The number of carbonyl (C=O) groups is 2. The zero-order valence-corrected chi connectivity index (χ0v) is 15.9. The molecule has 25 heavy (non-hydrogen) atoms. The largest absolute Gasteiger partial charge is 0.465 e. The van der Waals surface area contributed by atoms with Crippen molar-refractivity contribution in [3.8, 4) is 0 Å². The topological polar surface area (TPSA) is 55.8 Å². The van der Waals surface area contributed by atoms with Crippen LogP contribution in [0.5, 0.6) is 0 Å². The molecule has 0 N–H and O–H groups in total. The van der Waals surface area contributed by atoms with Crippen LogP contribution in [-0.2, 0) is 15.9 Å². The van der Waals surface area contributed by atoms with Crippen LogP contribution in [0.4, 0.5) is 4.79 Å². The number of hydrogen-bond donors (Lipinski definition) is 0. The van der Waals surface area contributed by atoms with E-state index >= 15 is 0 Å². The molecule has 0 aromatic heterocycles. The summed E-state index contributed by atoms with van der Waals surface area (Å²) in [5, 5.41) is 0. The summed E-state index contributed by atoms with van der Waals surface area (Å²) in [5.41, 5.74) is 1.45. The summed E-state index contributed by atoms with van der Waals surface area (Å²) in [5.74, 6) is -0.316. The van der Waals surface area contributed by atoms with Gasteiger partial charge in [-0.25, -0.2) is 9.59 Å². The molecule has 1 aliphatic rings. The smallest absolute Gasteiger partial charge is 0.410 e. The number of methoxy groups -OCH3 is 1. The molecule has 2 rings (SSSR count). The average Bonchev–Trinajstić information content (AvgIpc) is 2.53. The number of piperidine rings is 1. The molecule has 5 nitrogen and oxygen atoms in total. The number of carbonyl (C=O) groups excluding carboxylic acids is 2. The number of rotatable bonds is 3. The van der Waals surface area contributed by atoms with Gasteiger partial charge in [-0.2, -0.15) is 0 Å². The van der Waals surface area contributed by atoms with Gasteiger partial charge in [0, 0.05) is 13.1 Å².